The molecule has 0 fully saturated rings. The molecule has 0 bridgehead atoms. The monoisotopic (exact) mass is 365 g/mol. The second-order valence-electron chi connectivity index (χ2n) is 6.55. The number of ether oxygens (including phenoxy) is 1. The molecule has 1 aromatic carbocycles. The molecule has 0 N–H and O–H groups in total. The lowest BCUT2D eigenvalue weighted by molar-refractivity contribution is -0.117. The van der Waals surface area contributed by atoms with E-state index in [4.69, 9.17) is 4.74 Å². The smallest absolute Gasteiger partial charge is 0.163 e. The summed E-state index contributed by atoms with van der Waals surface area (Å²) >= 11 is 1.64. The molecule has 0 saturated carbocycles. The van der Waals surface area contributed by atoms with Crippen molar-refractivity contribution in [2.75, 3.05) is 0 Å². The van der Waals surface area contributed by atoms with E-state index in [1.54, 1.807) is 30.4 Å². The molecule has 5 heteroatoms. The number of Topliss-reactive ketones (excluding diaryl/α,β-unsaturated/α-hetero) is 1. The van der Waals surface area contributed by atoms with Crippen molar-refractivity contribution in [3.8, 4) is 6.07 Å². The number of carbonyl (C=O) groups excluding carboxylic acids is 1. The molecule has 1 aliphatic heterocycles. The number of allylic oxidation sites excluding steroid dienone is 4. The maximum Gasteiger partial charge on any atom is 0.163 e. The summed E-state index contributed by atoms with van der Waals surface area (Å²) in [6, 6.07) is 12.2. The summed E-state index contributed by atoms with van der Waals surface area (Å²) in [6.45, 7) is 1.75. The van der Waals surface area contributed by atoms with Gasteiger partial charge in [-0.1, -0.05) is 18.2 Å². The van der Waals surface area contributed by atoms with Gasteiger partial charge in [0.15, 0.2) is 5.78 Å². The SMILES string of the molecule is CC1=C(C#N)C(c2ccc(F)cc2)C2=C(CC(c3cccs3)CC2=O)O1. The zero-order valence-electron chi connectivity index (χ0n) is 14.2. The van der Waals surface area contributed by atoms with Crippen LogP contribution in [0, 0.1) is 17.1 Å². The Morgan fingerprint density at radius 1 is 1.23 bits per heavy atom. The largest absolute Gasteiger partial charge is 0.465 e. The summed E-state index contributed by atoms with van der Waals surface area (Å²) in [5.74, 6) is 0.430. The molecule has 0 amide bonds. The molecule has 3 nitrogen and oxygen atoms in total. The summed E-state index contributed by atoms with van der Waals surface area (Å²) in [5, 5.41) is 11.6. The highest BCUT2D eigenvalue weighted by Crippen LogP contribution is 2.47. The number of carbonyl (C=O) groups is 1. The van der Waals surface area contributed by atoms with Crippen molar-refractivity contribution in [2.24, 2.45) is 0 Å². The molecule has 2 atom stereocenters. The van der Waals surface area contributed by atoms with Crippen LogP contribution in [0.2, 0.25) is 0 Å². The Bertz CT molecular complexity index is 964. The van der Waals surface area contributed by atoms with Crippen LogP contribution in [0.5, 0.6) is 0 Å². The standard InChI is InChI=1S/C21H16FNO2S/c1-12-16(11-23)20(13-4-6-15(22)7-5-13)21-17(24)9-14(10-18(21)25-12)19-3-2-8-26-19/h2-8,14,20H,9-10H2,1H3. The van der Waals surface area contributed by atoms with Crippen molar-refractivity contribution in [2.45, 2.75) is 31.6 Å². The van der Waals surface area contributed by atoms with Gasteiger partial charge in [0, 0.05) is 29.2 Å². The van der Waals surface area contributed by atoms with Crippen LogP contribution in [0.3, 0.4) is 0 Å². The first kappa shape index (κ1) is 16.7. The quantitative estimate of drug-likeness (QED) is 0.735. The Labute approximate surface area is 155 Å². The lowest BCUT2D eigenvalue weighted by atomic mass is 9.74. The summed E-state index contributed by atoms with van der Waals surface area (Å²) in [4.78, 5) is 14.2. The minimum atomic E-state index is -0.485. The number of hydrogen-bond donors (Lipinski definition) is 0. The van der Waals surface area contributed by atoms with Gasteiger partial charge in [-0.05, 0) is 36.1 Å². The first-order chi connectivity index (χ1) is 12.6. The first-order valence-corrected chi connectivity index (χ1v) is 9.30. The average molecular weight is 365 g/mol. The van der Waals surface area contributed by atoms with Crippen molar-refractivity contribution < 1.29 is 13.9 Å². The Morgan fingerprint density at radius 2 is 2.00 bits per heavy atom. The molecule has 0 spiro atoms. The second kappa shape index (κ2) is 6.54. The Balaban J connectivity index is 1.80. The third-order valence-electron chi connectivity index (χ3n) is 4.97. The van der Waals surface area contributed by atoms with E-state index < -0.39 is 5.92 Å². The predicted molar refractivity (Wildman–Crippen MR) is 96.9 cm³/mol. The molecule has 0 radical (unpaired) electrons. The number of rotatable bonds is 2. The van der Waals surface area contributed by atoms with Crippen LogP contribution < -0.4 is 0 Å². The average Bonchev–Trinajstić information content (AvgIpc) is 3.16. The van der Waals surface area contributed by atoms with Gasteiger partial charge in [0.25, 0.3) is 0 Å². The Hall–Kier alpha value is -2.71. The van der Waals surface area contributed by atoms with E-state index in [1.807, 2.05) is 17.5 Å². The van der Waals surface area contributed by atoms with E-state index in [9.17, 15) is 14.4 Å². The normalized spacial score (nSPS) is 22.7. The van der Waals surface area contributed by atoms with Crippen LogP contribution in [0.25, 0.3) is 0 Å². The van der Waals surface area contributed by atoms with Crippen molar-refractivity contribution in [3.63, 3.8) is 0 Å². The highest BCUT2D eigenvalue weighted by molar-refractivity contribution is 7.10. The minimum Gasteiger partial charge on any atom is -0.465 e. The van der Waals surface area contributed by atoms with Gasteiger partial charge in [-0.15, -0.1) is 11.3 Å². The molecule has 2 aromatic rings. The molecule has 2 aliphatic rings. The zero-order valence-corrected chi connectivity index (χ0v) is 15.0. The highest BCUT2D eigenvalue weighted by atomic mass is 32.1. The highest BCUT2D eigenvalue weighted by Gasteiger charge is 2.40. The van der Waals surface area contributed by atoms with E-state index in [0.29, 0.717) is 35.5 Å². The maximum absolute atomic E-state index is 13.3. The van der Waals surface area contributed by atoms with E-state index in [0.717, 1.165) is 5.56 Å². The second-order valence-corrected chi connectivity index (χ2v) is 7.53. The molecule has 2 heterocycles. The van der Waals surface area contributed by atoms with Gasteiger partial charge in [0.1, 0.15) is 17.3 Å². The fourth-order valence-electron chi connectivity index (χ4n) is 3.76. The molecule has 4 rings (SSSR count). The summed E-state index contributed by atoms with van der Waals surface area (Å²) in [6.07, 6.45) is 1.04. The number of benzene rings is 1. The van der Waals surface area contributed by atoms with Crippen molar-refractivity contribution in [3.05, 3.63) is 80.7 Å². The van der Waals surface area contributed by atoms with Gasteiger partial charge in [-0.2, -0.15) is 5.26 Å². The van der Waals surface area contributed by atoms with Crippen LogP contribution in [0.1, 0.15) is 42.0 Å². The van der Waals surface area contributed by atoms with Crippen LogP contribution >= 0.6 is 11.3 Å². The van der Waals surface area contributed by atoms with Gasteiger partial charge in [0.2, 0.25) is 0 Å². The molecule has 0 saturated heterocycles. The minimum absolute atomic E-state index is 0.000718. The van der Waals surface area contributed by atoms with Crippen LogP contribution in [-0.2, 0) is 9.53 Å². The maximum atomic E-state index is 13.3. The summed E-state index contributed by atoms with van der Waals surface area (Å²) in [7, 11) is 0. The van der Waals surface area contributed by atoms with Gasteiger partial charge in [-0.25, -0.2) is 4.39 Å². The van der Waals surface area contributed by atoms with E-state index in [-0.39, 0.29) is 17.5 Å². The predicted octanol–water partition coefficient (Wildman–Crippen LogP) is 5.20. The lowest BCUT2D eigenvalue weighted by Crippen LogP contribution is -2.27. The van der Waals surface area contributed by atoms with Gasteiger partial charge < -0.3 is 4.74 Å². The number of hydrogen-bond acceptors (Lipinski definition) is 4. The van der Waals surface area contributed by atoms with Gasteiger partial charge in [-0.3, -0.25) is 4.79 Å². The molecule has 1 aliphatic carbocycles. The number of halogens is 1. The number of nitriles is 1. The van der Waals surface area contributed by atoms with Crippen molar-refractivity contribution >= 4 is 17.1 Å². The third-order valence-corrected chi connectivity index (χ3v) is 6.00. The molecule has 26 heavy (non-hydrogen) atoms. The molecular weight excluding hydrogens is 349 g/mol. The fraction of sp³-hybridized carbons (Fsp3) is 0.238. The summed E-state index contributed by atoms with van der Waals surface area (Å²) < 4.78 is 19.3. The Morgan fingerprint density at radius 3 is 2.65 bits per heavy atom. The zero-order chi connectivity index (χ0) is 18.3. The van der Waals surface area contributed by atoms with Gasteiger partial charge >= 0.3 is 0 Å². The third kappa shape index (κ3) is 2.77. The van der Waals surface area contributed by atoms with E-state index >= 15 is 0 Å². The van der Waals surface area contributed by atoms with Crippen LogP contribution in [0.15, 0.2) is 64.4 Å². The molecule has 1 aromatic heterocycles. The topological polar surface area (TPSA) is 50.1 Å². The fourth-order valence-corrected chi connectivity index (χ4v) is 4.59. The van der Waals surface area contributed by atoms with Crippen molar-refractivity contribution in [1.29, 1.82) is 5.26 Å². The first-order valence-electron chi connectivity index (χ1n) is 8.42. The summed E-state index contributed by atoms with van der Waals surface area (Å²) in [5.41, 5.74) is 1.70. The van der Waals surface area contributed by atoms with Crippen molar-refractivity contribution in [1.82, 2.24) is 0 Å². The molecular formula is C21H16FNO2S. The number of nitrogens with zero attached hydrogens (tertiary/aromatic N) is 1. The van der Waals surface area contributed by atoms with Gasteiger partial charge in [0.05, 0.1) is 17.6 Å². The molecule has 2 unspecified atom stereocenters. The van der Waals surface area contributed by atoms with Crippen LogP contribution in [-0.4, -0.2) is 5.78 Å². The van der Waals surface area contributed by atoms with E-state index in [1.165, 1.54) is 17.0 Å². The lowest BCUT2D eigenvalue weighted by Gasteiger charge is -2.34. The van der Waals surface area contributed by atoms with E-state index in [2.05, 4.69) is 6.07 Å². The molecule has 130 valence electrons. The number of thiophene rings is 1. The Kier molecular flexibility index (Phi) is 4.21. The number of ketones is 1. The van der Waals surface area contributed by atoms with Crippen LogP contribution in [0.4, 0.5) is 4.39 Å².